The van der Waals surface area contributed by atoms with Crippen molar-refractivity contribution in [1.82, 2.24) is 4.90 Å². The lowest BCUT2D eigenvalue weighted by molar-refractivity contribution is -0.123. The number of carbonyl (C=O) groups excluding carboxylic acids is 2. The number of halogens is 1. The Morgan fingerprint density at radius 2 is 1.78 bits per heavy atom. The summed E-state index contributed by atoms with van der Waals surface area (Å²) < 4.78 is 41.5. The molecule has 1 aliphatic heterocycles. The summed E-state index contributed by atoms with van der Waals surface area (Å²) in [4.78, 5) is 26.6. The first kappa shape index (κ1) is 26.6. The summed E-state index contributed by atoms with van der Waals surface area (Å²) in [5.41, 5.74) is 1.46. The molecule has 0 saturated carbocycles. The smallest absolute Gasteiger partial charge is 0.339 e. The molecule has 11 heteroatoms. The number of ether oxygens (including phenoxy) is 2. The molecule has 1 heterocycles. The van der Waals surface area contributed by atoms with E-state index in [9.17, 15) is 18.0 Å². The fourth-order valence-electron chi connectivity index (χ4n) is 3.45. The minimum Gasteiger partial charge on any atom is -0.493 e. The number of hydrogen-bond acceptors (Lipinski definition) is 8. The molecule has 3 aromatic carbocycles. The molecule has 192 valence electrons. The quantitative estimate of drug-likeness (QED) is 0.249. The van der Waals surface area contributed by atoms with Crippen LogP contribution in [-0.4, -0.2) is 44.7 Å². The maximum absolute atomic E-state index is 12.9. The highest BCUT2D eigenvalue weighted by Crippen LogP contribution is 2.40. The molecule has 0 bridgehead atoms. The van der Waals surface area contributed by atoms with Crippen LogP contribution in [-0.2, 0) is 14.9 Å². The maximum atomic E-state index is 12.9. The van der Waals surface area contributed by atoms with E-state index in [1.807, 2.05) is 25.1 Å². The van der Waals surface area contributed by atoms with Crippen LogP contribution >= 0.6 is 23.4 Å². The van der Waals surface area contributed by atoms with E-state index < -0.39 is 21.3 Å². The first-order valence-electron chi connectivity index (χ1n) is 11.0. The summed E-state index contributed by atoms with van der Waals surface area (Å²) in [5, 5.41) is -0.466. The van der Waals surface area contributed by atoms with E-state index in [2.05, 4.69) is 0 Å². The first-order valence-corrected chi connectivity index (χ1v) is 13.6. The van der Waals surface area contributed by atoms with E-state index in [4.69, 9.17) is 25.3 Å². The van der Waals surface area contributed by atoms with Crippen molar-refractivity contribution < 1.29 is 31.7 Å². The summed E-state index contributed by atoms with van der Waals surface area (Å²) in [6, 6.07) is 18.0. The number of nitrogens with zero attached hydrogens (tertiary/aromatic N) is 1. The molecule has 2 amide bonds. The van der Waals surface area contributed by atoms with Crippen molar-refractivity contribution in [2.45, 2.75) is 11.8 Å². The van der Waals surface area contributed by atoms with Crippen LogP contribution in [0.3, 0.4) is 0 Å². The van der Waals surface area contributed by atoms with E-state index in [1.165, 1.54) is 37.5 Å². The monoisotopic (exact) mass is 559 g/mol. The van der Waals surface area contributed by atoms with Crippen LogP contribution in [0.1, 0.15) is 11.1 Å². The highest BCUT2D eigenvalue weighted by Gasteiger charge is 2.35. The Morgan fingerprint density at radius 3 is 2.49 bits per heavy atom. The molecule has 1 fully saturated rings. The molecule has 0 radical (unpaired) electrons. The lowest BCUT2D eigenvalue weighted by Crippen LogP contribution is -2.32. The normalized spacial score (nSPS) is 14.8. The van der Waals surface area contributed by atoms with Gasteiger partial charge in [-0.2, -0.15) is 8.42 Å². The van der Waals surface area contributed by atoms with Gasteiger partial charge in [-0.3, -0.25) is 14.5 Å². The molecule has 1 aliphatic rings. The molecule has 0 spiro atoms. The summed E-state index contributed by atoms with van der Waals surface area (Å²) in [5.74, 6) is 0.0429. The van der Waals surface area contributed by atoms with Gasteiger partial charge in [0.2, 0.25) is 5.75 Å². The van der Waals surface area contributed by atoms with Gasteiger partial charge in [0.15, 0.2) is 5.75 Å². The topological polar surface area (TPSA) is 99.2 Å². The molecular weight excluding hydrogens is 538 g/mol. The molecule has 8 nitrogen and oxygen atoms in total. The minimum absolute atomic E-state index is 0.0442. The Balaban J connectivity index is 1.50. The van der Waals surface area contributed by atoms with Crippen molar-refractivity contribution in [3.63, 3.8) is 0 Å². The van der Waals surface area contributed by atoms with E-state index in [0.717, 1.165) is 22.2 Å². The zero-order valence-corrected chi connectivity index (χ0v) is 22.2. The zero-order valence-electron chi connectivity index (χ0n) is 19.8. The van der Waals surface area contributed by atoms with Crippen molar-refractivity contribution in [3.05, 3.63) is 87.8 Å². The number of hydrogen-bond donors (Lipinski definition) is 0. The van der Waals surface area contributed by atoms with Crippen molar-refractivity contribution >= 4 is 50.7 Å². The van der Waals surface area contributed by atoms with Crippen molar-refractivity contribution in [1.29, 1.82) is 0 Å². The van der Waals surface area contributed by atoms with Crippen LogP contribution in [0.5, 0.6) is 17.2 Å². The van der Waals surface area contributed by atoms with Crippen LogP contribution in [0.4, 0.5) is 4.79 Å². The van der Waals surface area contributed by atoms with Gasteiger partial charge in [0.05, 0.1) is 23.6 Å². The molecule has 1 saturated heterocycles. The van der Waals surface area contributed by atoms with Crippen LogP contribution < -0.4 is 13.7 Å². The SMILES string of the molecule is COc1cc(/C=C2\SC(=O)N(CCOc3cccc(C)c3)C2=O)cc(Cl)c1OS(=O)(=O)c1ccccc1. The predicted octanol–water partition coefficient (Wildman–Crippen LogP) is 5.54. The van der Waals surface area contributed by atoms with Gasteiger partial charge in [-0.1, -0.05) is 41.9 Å². The Hall–Kier alpha value is -3.47. The lowest BCUT2D eigenvalue weighted by atomic mass is 10.2. The summed E-state index contributed by atoms with van der Waals surface area (Å²) in [6.07, 6.45) is 1.48. The van der Waals surface area contributed by atoms with Gasteiger partial charge in [-0.15, -0.1) is 0 Å². The second-order valence-electron chi connectivity index (χ2n) is 7.88. The number of aryl methyl sites for hydroxylation is 1. The third-order valence-corrected chi connectivity index (χ3v) is 7.64. The number of methoxy groups -OCH3 is 1. The average Bonchev–Trinajstić information content (AvgIpc) is 3.13. The fraction of sp³-hybridized carbons (Fsp3) is 0.154. The van der Waals surface area contributed by atoms with E-state index in [1.54, 1.807) is 24.3 Å². The van der Waals surface area contributed by atoms with Crippen molar-refractivity contribution in [2.24, 2.45) is 0 Å². The highest BCUT2D eigenvalue weighted by molar-refractivity contribution is 8.18. The van der Waals surface area contributed by atoms with Crippen LogP contribution in [0.2, 0.25) is 5.02 Å². The van der Waals surface area contributed by atoms with E-state index in [0.29, 0.717) is 11.3 Å². The van der Waals surface area contributed by atoms with Gasteiger partial charge >= 0.3 is 10.1 Å². The number of carbonyl (C=O) groups is 2. The molecular formula is C26H22ClNO7S2. The number of benzene rings is 3. The molecule has 0 unspecified atom stereocenters. The summed E-state index contributed by atoms with van der Waals surface area (Å²) in [6.45, 7) is 2.18. The van der Waals surface area contributed by atoms with Crippen molar-refractivity contribution in [3.8, 4) is 17.2 Å². The molecule has 0 N–H and O–H groups in total. The molecule has 4 rings (SSSR count). The standard InChI is InChI=1S/C26H22ClNO7S2/c1-17-7-6-8-19(13-17)34-12-11-28-25(29)23(36-26(28)30)16-18-14-21(27)24(22(15-18)33-2)35-37(31,32)20-9-4-3-5-10-20/h3-10,13-16H,11-12H2,1-2H3/b23-16-. The van der Waals surface area contributed by atoms with Crippen molar-refractivity contribution in [2.75, 3.05) is 20.3 Å². The van der Waals surface area contributed by atoms with Gasteiger partial charge in [-0.05, 0) is 72.3 Å². The Bertz CT molecular complexity index is 1470. The number of imide groups is 1. The largest absolute Gasteiger partial charge is 0.493 e. The lowest BCUT2D eigenvalue weighted by Gasteiger charge is -2.14. The number of rotatable bonds is 9. The maximum Gasteiger partial charge on any atom is 0.339 e. The average molecular weight is 560 g/mol. The Labute approximate surface area is 223 Å². The van der Waals surface area contributed by atoms with Crippen LogP contribution in [0, 0.1) is 6.92 Å². The second kappa shape index (κ2) is 11.3. The van der Waals surface area contributed by atoms with E-state index in [-0.39, 0.29) is 39.5 Å². The predicted molar refractivity (Wildman–Crippen MR) is 142 cm³/mol. The van der Waals surface area contributed by atoms with Gasteiger partial charge in [0.25, 0.3) is 11.1 Å². The summed E-state index contributed by atoms with van der Waals surface area (Å²) in [7, 11) is -2.83. The van der Waals surface area contributed by atoms with Crippen LogP contribution in [0.25, 0.3) is 6.08 Å². The highest BCUT2D eigenvalue weighted by atomic mass is 35.5. The zero-order chi connectivity index (χ0) is 26.6. The second-order valence-corrected chi connectivity index (χ2v) is 10.8. The van der Waals surface area contributed by atoms with Crippen LogP contribution in [0.15, 0.2) is 76.5 Å². The van der Waals surface area contributed by atoms with Gasteiger partial charge in [-0.25, -0.2) is 0 Å². The third kappa shape index (κ3) is 6.27. The Morgan fingerprint density at radius 1 is 1.03 bits per heavy atom. The van der Waals surface area contributed by atoms with Gasteiger partial charge in [0.1, 0.15) is 17.3 Å². The molecule has 0 atom stereocenters. The third-order valence-electron chi connectivity index (χ3n) is 5.22. The first-order chi connectivity index (χ1) is 17.7. The number of amides is 2. The number of thioether (sulfide) groups is 1. The van der Waals surface area contributed by atoms with Gasteiger partial charge < -0.3 is 13.7 Å². The minimum atomic E-state index is -4.16. The fourth-order valence-corrected chi connectivity index (χ4v) is 5.60. The Kier molecular flexibility index (Phi) is 8.11. The summed E-state index contributed by atoms with van der Waals surface area (Å²) >= 11 is 7.13. The molecule has 0 aliphatic carbocycles. The molecule has 0 aromatic heterocycles. The van der Waals surface area contributed by atoms with E-state index >= 15 is 0 Å². The molecule has 3 aromatic rings. The molecule has 37 heavy (non-hydrogen) atoms. The van der Waals surface area contributed by atoms with Gasteiger partial charge in [0, 0.05) is 0 Å².